The fraction of sp³-hybridized carbons (Fsp3) is 0.200. The van der Waals surface area contributed by atoms with Crippen molar-refractivity contribution >= 4 is 17.3 Å². The van der Waals surface area contributed by atoms with Gasteiger partial charge in [-0.2, -0.15) is 0 Å². The Balaban J connectivity index is 2.18. The van der Waals surface area contributed by atoms with Crippen LogP contribution in [-0.4, -0.2) is 5.11 Å². The van der Waals surface area contributed by atoms with E-state index in [1.54, 1.807) is 12.1 Å². The van der Waals surface area contributed by atoms with Crippen LogP contribution in [-0.2, 0) is 0 Å². The Morgan fingerprint density at radius 3 is 2.61 bits per heavy atom. The zero-order valence-corrected chi connectivity index (χ0v) is 11.2. The molecule has 0 aromatic heterocycles. The maximum Gasteiger partial charge on any atom is 0.115 e. The minimum atomic E-state index is 0.0808. The Kier molecular flexibility index (Phi) is 3.78. The SMILES string of the molecule is Cc1ccc(NC(C)c2cccc(O)c2)c(Cl)c1. The Morgan fingerprint density at radius 2 is 1.94 bits per heavy atom. The molecule has 0 aliphatic heterocycles. The number of phenolic OH excluding ortho intramolecular Hbond substituents is 1. The predicted octanol–water partition coefficient (Wildman–Crippen LogP) is 4.53. The largest absolute Gasteiger partial charge is 0.508 e. The molecule has 0 aliphatic carbocycles. The molecule has 0 amide bonds. The zero-order valence-electron chi connectivity index (χ0n) is 10.4. The van der Waals surface area contributed by atoms with Gasteiger partial charge in [0.15, 0.2) is 0 Å². The second-order valence-electron chi connectivity index (χ2n) is 4.44. The summed E-state index contributed by atoms with van der Waals surface area (Å²) in [5.41, 5.74) is 3.06. The highest BCUT2D eigenvalue weighted by Crippen LogP contribution is 2.27. The molecule has 2 rings (SSSR count). The normalized spacial score (nSPS) is 12.2. The van der Waals surface area contributed by atoms with Crippen LogP contribution in [0, 0.1) is 6.92 Å². The molecule has 0 aliphatic rings. The van der Waals surface area contributed by atoms with E-state index in [0.29, 0.717) is 5.02 Å². The van der Waals surface area contributed by atoms with Gasteiger partial charge in [-0.15, -0.1) is 0 Å². The molecular formula is C15H16ClNO. The quantitative estimate of drug-likeness (QED) is 0.851. The van der Waals surface area contributed by atoms with Crippen LogP contribution in [0.3, 0.4) is 0 Å². The minimum Gasteiger partial charge on any atom is -0.508 e. The van der Waals surface area contributed by atoms with Crippen molar-refractivity contribution in [1.82, 2.24) is 0 Å². The summed E-state index contributed by atoms with van der Waals surface area (Å²) in [5.74, 6) is 0.274. The summed E-state index contributed by atoms with van der Waals surface area (Å²) in [4.78, 5) is 0. The first kappa shape index (κ1) is 12.8. The topological polar surface area (TPSA) is 32.3 Å². The zero-order chi connectivity index (χ0) is 13.1. The molecule has 1 atom stereocenters. The van der Waals surface area contributed by atoms with E-state index in [1.807, 2.05) is 44.2 Å². The van der Waals surface area contributed by atoms with E-state index in [4.69, 9.17) is 11.6 Å². The van der Waals surface area contributed by atoms with Gasteiger partial charge in [0.05, 0.1) is 10.7 Å². The second kappa shape index (κ2) is 5.32. The molecule has 2 aromatic rings. The number of anilines is 1. The molecule has 0 bridgehead atoms. The Labute approximate surface area is 112 Å². The molecule has 2 N–H and O–H groups in total. The average molecular weight is 262 g/mol. The summed E-state index contributed by atoms with van der Waals surface area (Å²) in [7, 11) is 0. The van der Waals surface area contributed by atoms with Gasteiger partial charge in [-0.25, -0.2) is 0 Å². The maximum atomic E-state index is 9.47. The van der Waals surface area contributed by atoms with Crippen LogP contribution in [0.5, 0.6) is 5.75 Å². The van der Waals surface area contributed by atoms with Gasteiger partial charge in [-0.05, 0) is 49.2 Å². The number of halogens is 1. The van der Waals surface area contributed by atoms with Gasteiger partial charge in [0.2, 0.25) is 0 Å². The Bertz CT molecular complexity index is 554. The van der Waals surface area contributed by atoms with Crippen molar-refractivity contribution in [2.75, 3.05) is 5.32 Å². The van der Waals surface area contributed by atoms with E-state index in [-0.39, 0.29) is 11.8 Å². The van der Waals surface area contributed by atoms with Crippen LogP contribution in [0.4, 0.5) is 5.69 Å². The van der Waals surface area contributed by atoms with Gasteiger partial charge in [0, 0.05) is 6.04 Å². The van der Waals surface area contributed by atoms with E-state index >= 15 is 0 Å². The fourth-order valence-electron chi connectivity index (χ4n) is 1.85. The molecule has 2 nitrogen and oxygen atoms in total. The molecule has 0 fully saturated rings. The lowest BCUT2D eigenvalue weighted by Crippen LogP contribution is -2.06. The van der Waals surface area contributed by atoms with E-state index in [9.17, 15) is 5.11 Å². The van der Waals surface area contributed by atoms with Gasteiger partial charge in [-0.1, -0.05) is 29.8 Å². The standard InChI is InChI=1S/C15H16ClNO/c1-10-6-7-15(14(16)8-10)17-11(2)12-4-3-5-13(18)9-12/h3-9,11,17-18H,1-2H3. The lowest BCUT2D eigenvalue weighted by atomic mass is 10.1. The van der Waals surface area contributed by atoms with Gasteiger partial charge in [0.25, 0.3) is 0 Å². The number of hydrogen-bond donors (Lipinski definition) is 2. The van der Waals surface area contributed by atoms with E-state index in [1.165, 1.54) is 0 Å². The molecule has 0 saturated heterocycles. The first-order chi connectivity index (χ1) is 8.56. The van der Waals surface area contributed by atoms with Crippen molar-refractivity contribution in [2.45, 2.75) is 19.9 Å². The predicted molar refractivity (Wildman–Crippen MR) is 76.3 cm³/mol. The van der Waals surface area contributed by atoms with E-state index in [2.05, 4.69) is 5.32 Å². The van der Waals surface area contributed by atoms with Gasteiger partial charge in [0.1, 0.15) is 5.75 Å². The summed E-state index contributed by atoms with van der Waals surface area (Å²) in [6, 6.07) is 13.2. The number of rotatable bonds is 3. The average Bonchev–Trinajstić information content (AvgIpc) is 2.32. The fourth-order valence-corrected chi connectivity index (χ4v) is 2.14. The molecule has 94 valence electrons. The van der Waals surface area contributed by atoms with Crippen LogP contribution in [0.1, 0.15) is 24.1 Å². The third-order valence-electron chi connectivity index (χ3n) is 2.87. The molecule has 18 heavy (non-hydrogen) atoms. The highest BCUT2D eigenvalue weighted by molar-refractivity contribution is 6.33. The summed E-state index contributed by atoms with van der Waals surface area (Å²) < 4.78 is 0. The van der Waals surface area contributed by atoms with Crippen LogP contribution >= 0.6 is 11.6 Å². The number of aromatic hydroxyl groups is 1. The van der Waals surface area contributed by atoms with E-state index in [0.717, 1.165) is 16.8 Å². The molecule has 0 saturated carbocycles. The van der Waals surface area contributed by atoms with Crippen LogP contribution < -0.4 is 5.32 Å². The summed E-state index contributed by atoms with van der Waals surface area (Å²) in [5, 5.41) is 13.5. The number of hydrogen-bond acceptors (Lipinski definition) is 2. The third-order valence-corrected chi connectivity index (χ3v) is 3.18. The monoisotopic (exact) mass is 261 g/mol. The van der Waals surface area contributed by atoms with Crippen molar-refractivity contribution in [1.29, 1.82) is 0 Å². The molecule has 3 heteroatoms. The van der Waals surface area contributed by atoms with Crippen molar-refractivity contribution in [3.8, 4) is 5.75 Å². The number of nitrogens with one attached hydrogen (secondary N) is 1. The van der Waals surface area contributed by atoms with E-state index < -0.39 is 0 Å². The molecular weight excluding hydrogens is 246 g/mol. The summed E-state index contributed by atoms with van der Waals surface area (Å²) in [6.07, 6.45) is 0. The van der Waals surface area contributed by atoms with Gasteiger partial charge < -0.3 is 10.4 Å². The second-order valence-corrected chi connectivity index (χ2v) is 4.85. The highest BCUT2D eigenvalue weighted by atomic mass is 35.5. The van der Waals surface area contributed by atoms with Crippen molar-refractivity contribution in [2.24, 2.45) is 0 Å². The van der Waals surface area contributed by atoms with Crippen molar-refractivity contribution in [3.63, 3.8) is 0 Å². The molecule has 2 aromatic carbocycles. The number of aryl methyl sites for hydroxylation is 1. The van der Waals surface area contributed by atoms with Crippen LogP contribution in [0.25, 0.3) is 0 Å². The van der Waals surface area contributed by atoms with Crippen molar-refractivity contribution in [3.05, 3.63) is 58.6 Å². The van der Waals surface area contributed by atoms with Gasteiger partial charge >= 0.3 is 0 Å². The smallest absolute Gasteiger partial charge is 0.115 e. The highest BCUT2D eigenvalue weighted by Gasteiger charge is 2.08. The minimum absolute atomic E-state index is 0.0808. The summed E-state index contributed by atoms with van der Waals surface area (Å²) in [6.45, 7) is 4.04. The summed E-state index contributed by atoms with van der Waals surface area (Å²) >= 11 is 6.18. The molecule has 0 radical (unpaired) electrons. The first-order valence-electron chi connectivity index (χ1n) is 5.88. The lowest BCUT2D eigenvalue weighted by Gasteiger charge is -2.17. The van der Waals surface area contributed by atoms with Crippen LogP contribution in [0.15, 0.2) is 42.5 Å². The first-order valence-corrected chi connectivity index (χ1v) is 6.25. The molecule has 1 unspecified atom stereocenters. The van der Waals surface area contributed by atoms with Gasteiger partial charge in [-0.3, -0.25) is 0 Å². The van der Waals surface area contributed by atoms with Crippen LogP contribution in [0.2, 0.25) is 5.02 Å². The number of phenols is 1. The van der Waals surface area contributed by atoms with Crippen molar-refractivity contribution < 1.29 is 5.11 Å². The third kappa shape index (κ3) is 2.96. The Hall–Kier alpha value is -1.67. The Morgan fingerprint density at radius 1 is 1.17 bits per heavy atom. The molecule has 0 heterocycles. The molecule has 0 spiro atoms. The number of benzene rings is 2. The lowest BCUT2D eigenvalue weighted by molar-refractivity contribution is 0.474. The maximum absolute atomic E-state index is 9.47.